The first-order valence-electron chi connectivity index (χ1n) is 4.52. The molecule has 0 aromatic rings. The van der Waals surface area contributed by atoms with Crippen LogP contribution in [0.2, 0.25) is 0 Å². The van der Waals surface area contributed by atoms with E-state index in [1.165, 1.54) is 19.3 Å². The molecule has 0 spiro atoms. The van der Waals surface area contributed by atoms with Crippen LogP contribution in [0.1, 0.15) is 26.2 Å². The Kier molecular flexibility index (Phi) is 3.84. The van der Waals surface area contributed by atoms with E-state index in [0.29, 0.717) is 6.04 Å². The number of nitrogens with zero attached hydrogens (tertiary/aromatic N) is 2. The second-order valence-corrected chi connectivity index (χ2v) is 3.96. The number of rotatable bonds is 2. The molecular formula is C9H15ClN2. The van der Waals surface area contributed by atoms with Gasteiger partial charge in [-0.15, -0.1) is 11.6 Å². The van der Waals surface area contributed by atoms with Gasteiger partial charge in [0.15, 0.2) is 0 Å². The van der Waals surface area contributed by atoms with Crippen LogP contribution in [-0.2, 0) is 0 Å². The smallest absolute Gasteiger partial charge is 0.133 e. The van der Waals surface area contributed by atoms with Gasteiger partial charge in [-0.2, -0.15) is 5.26 Å². The molecule has 0 aliphatic carbocycles. The van der Waals surface area contributed by atoms with Gasteiger partial charge in [-0.05, 0) is 26.3 Å². The average Bonchev–Trinajstić information content (AvgIpc) is 2.09. The SMILES string of the molecule is CC1CCCCN1CC(Cl)C#N. The summed E-state index contributed by atoms with van der Waals surface area (Å²) in [5, 5.41) is 8.20. The maximum absolute atomic E-state index is 8.54. The number of piperidine rings is 1. The van der Waals surface area contributed by atoms with Gasteiger partial charge in [0.1, 0.15) is 5.38 Å². The minimum Gasteiger partial charge on any atom is -0.298 e. The molecule has 0 aromatic carbocycles. The third-order valence-corrected chi connectivity index (χ3v) is 2.71. The number of alkyl halides is 1. The van der Waals surface area contributed by atoms with E-state index in [1.807, 2.05) is 0 Å². The fraction of sp³-hybridized carbons (Fsp3) is 0.889. The Hall–Kier alpha value is -0.260. The molecule has 0 amide bonds. The predicted molar refractivity (Wildman–Crippen MR) is 50.1 cm³/mol. The summed E-state index contributed by atoms with van der Waals surface area (Å²) >= 11 is 5.76. The van der Waals surface area contributed by atoms with Gasteiger partial charge in [0.05, 0.1) is 6.07 Å². The van der Waals surface area contributed by atoms with Crippen molar-refractivity contribution in [2.24, 2.45) is 0 Å². The highest BCUT2D eigenvalue weighted by Crippen LogP contribution is 2.17. The second kappa shape index (κ2) is 4.69. The number of halogens is 1. The number of hydrogen-bond acceptors (Lipinski definition) is 2. The lowest BCUT2D eigenvalue weighted by Crippen LogP contribution is -2.40. The third kappa shape index (κ3) is 2.66. The molecule has 2 nitrogen and oxygen atoms in total. The van der Waals surface area contributed by atoms with Crippen LogP contribution < -0.4 is 0 Å². The summed E-state index contributed by atoms with van der Waals surface area (Å²) in [6.07, 6.45) is 3.81. The van der Waals surface area contributed by atoms with Crippen LogP contribution in [0.5, 0.6) is 0 Å². The van der Waals surface area contributed by atoms with Gasteiger partial charge in [0.2, 0.25) is 0 Å². The van der Waals surface area contributed by atoms with Crippen LogP contribution in [0.15, 0.2) is 0 Å². The van der Waals surface area contributed by atoms with E-state index >= 15 is 0 Å². The maximum Gasteiger partial charge on any atom is 0.133 e. The van der Waals surface area contributed by atoms with Gasteiger partial charge in [0, 0.05) is 12.6 Å². The minimum atomic E-state index is -0.342. The van der Waals surface area contributed by atoms with E-state index < -0.39 is 0 Å². The topological polar surface area (TPSA) is 27.0 Å². The summed E-state index contributed by atoms with van der Waals surface area (Å²) < 4.78 is 0. The standard InChI is InChI=1S/C9H15ClN2/c1-8-4-2-3-5-12(8)7-9(10)6-11/h8-9H,2-5,7H2,1H3. The molecule has 0 N–H and O–H groups in total. The molecule has 0 aromatic heterocycles. The minimum absolute atomic E-state index is 0.342. The zero-order chi connectivity index (χ0) is 8.97. The van der Waals surface area contributed by atoms with E-state index in [1.54, 1.807) is 0 Å². The molecule has 1 rings (SSSR count). The van der Waals surface area contributed by atoms with Gasteiger partial charge >= 0.3 is 0 Å². The summed E-state index contributed by atoms with van der Waals surface area (Å²) in [5.74, 6) is 0. The van der Waals surface area contributed by atoms with E-state index in [9.17, 15) is 0 Å². The van der Waals surface area contributed by atoms with Crippen LogP contribution in [0.3, 0.4) is 0 Å². The van der Waals surface area contributed by atoms with Gasteiger partial charge in [-0.25, -0.2) is 0 Å². The summed E-state index contributed by atoms with van der Waals surface area (Å²) in [6, 6.07) is 2.66. The number of hydrogen-bond donors (Lipinski definition) is 0. The second-order valence-electron chi connectivity index (χ2n) is 3.44. The summed E-state index contributed by atoms with van der Waals surface area (Å²) in [4.78, 5) is 2.31. The van der Waals surface area contributed by atoms with E-state index in [-0.39, 0.29) is 5.38 Å². The molecule has 1 aliphatic rings. The lowest BCUT2D eigenvalue weighted by atomic mass is 10.0. The highest BCUT2D eigenvalue weighted by atomic mass is 35.5. The van der Waals surface area contributed by atoms with Crippen molar-refractivity contribution in [3.63, 3.8) is 0 Å². The molecule has 0 radical (unpaired) electrons. The molecule has 0 saturated carbocycles. The Morgan fingerprint density at radius 3 is 3.00 bits per heavy atom. The summed E-state index contributed by atoms with van der Waals surface area (Å²) in [5.41, 5.74) is 0. The zero-order valence-electron chi connectivity index (χ0n) is 7.46. The Bertz CT molecular complexity index is 176. The van der Waals surface area contributed by atoms with Gasteiger partial charge in [0.25, 0.3) is 0 Å². The monoisotopic (exact) mass is 186 g/mol. The van der Waals surface area contributed by atoms with Gasteiger partial charge in [-0.3, -0.25) is 4.90 Å². The quantitative estimate of drug-likeness (QED) is 0.617. The van der Waals surface area contributed by atoms with Crippen LogP contribution in [0.4, 0.5) is 0 Å². The molecule has 2 atom stereocenters. The fourth-order valence-electron chi connectivity index (χ4n) is 1.68. The summed E-state index contributed by atoms with van der Waals surface area (Å²) in [7, 11) is 0. The normalized spacial score (nSPS) is 27.9. The molecule has 2 unspecified atom stereocenters. The van der Waals surface area contributed by atoms with Crippen molar-refractivity contribution in [3.05, 3.63) is 0 Å². The van der Waals surface area contributed by atoms with Crippen molar-refractivity contribution in [2.75, 3.05) is 13.1 Å². The molecular weight excluding hydrogens is 172 g/mol. The Balaban J connectivity index is 2.35. The van der Waals surface area contributed by atoms with Crippen molar-refractivity contribution in [1.29, 1.82) is 5.26 Å². The lowest BCUT2D eigenvalue weighted by molar-refractivity contribution is 0.165. The molecule has 3 heteroatoms. The highest BCUT2D eigenvalue weighted by molar-refractivity contribution is 6.22. The van der Waals surface area contributed by atoms with E-state index in [2.05, 4.69) is 17.9 Å². The fourth-order valence-corrected chi connectivity index (χ4v) is 1.85. The van der Waals surface area contributed by atoms with Gasteiger partial charge < -0.3 is 0 Å². The molecule has 1 aliphatic heterocycles. The van der Waals surface area contributed by atoms with E-state index in [0.717, 1.165) is 13.1 Å². The molecule has 12 heavy (non-hydrogen) atoms. The number of nitriles is 1. The lowest BCUT2D eigenvalue weighted by Gasteiger charge is -2.33. The van der Waals surface area contributed by atoms with Crippen LogP contribution in [0, 0.1) is 11.3 Å². The predicted octanol–water partition coefficient (Wildman–Crippen LogP) is 1.99. The first kappa shape index (κ1) is 9.83. The molecule has 68 valence electrons. The Labute approximate surface area is 79.1 Å². The van der Waals surface area contributed by atoms with Crippen molar-refractivity contribution in [1.82, 2.24) is 4.90 Å². The average molecular weight is 187 g/mol. The Morgan fingerprint density at radius 1 is 1.67 bits per heavy atom. The highest BCUT2D eigenvalue weighted by Gasteiger charge is 2.20. The number of likely N-dealkylation sites (tertiary alicyclic amines) is 1. The summed E-state index contributed by atoms with van der Waals surface area (Å²) in [6.45, 7) is 4.03. The van der Waals surface area contributed by atoms with Gasteiger partial charge in [-0.1, -0.05) is 6.42 Å². The molecule has 1 heterocycles. The van der Waals surface area contributed by atoms with Crippen LogP contribution >= 0.6 is 11.6 Å². The van der Waals surface area contributed by atoms with E-state index in [4.69, 9.17) is 16.9 Å². The maximum atomic E-state index is 8.54. The van der Waals surface area contributed by atoms with Crippen molar-refractivity contribution < 1.29 is 0 Å². The third-order valence-electron chi connectivity index (χ3n) is 2.48. The first-order chi connectivity index (χ1) is 5.74. The van der Waals surface area contributed by atoms with Crippen molar-refractivity contribution in [2.45, 2.75) is 37.6 Å². The van der Waals surface area contributed by atoms with Crippen molar-refractivity contribution >= 4 is 11.6 Å². The molecule has 1 fully saturated rings. The van der Waals surface area contributed by atoms with Crippen LogP contribution in [-0.4, -0.2) is 29.4 Å². The molecule has 0 bridgehead atoms. The zero-order valence-corrected chi connectivity index (χ0v) is 8.22. The van der Waals surface area contributed by atoms with Crippen LogP contribution in [0.25, 0.3) is 0 Å². The van der Waals surface area contributed by atoms with Crippen molar-refractivity contribution in [3.8, 4) is 6.07 Å². The first-order valence-corrected chi connectivity index (χ1v) is 4.95. The molecule has 1 saturated heterocycles. The largest absolute Gasteiger partial charge is 0.298 e. The Morgan fingerprint density at radius 2 is 2.42 bits per heavy atom.